The lowest BCUT2D eigenvalue weighted by molar-refractivity contribution is 0.243. The highest BCUT2D eigenvalue weighted by Gasteiger charge is 2.17. The van der Waals surface area contributed by atoms with E-state index in [1.54, 1.807) is 6.08 Å². The van der Waals surface area contributed by atoms with Gasteiger partial charge in [-0.25, -0.2) is 0 Å². The molecule has 25 heavy (non-hydrogen) atoms. The maximum Gasteiger partial charge on any atom is 0.229 e. The Kier molecular flexibility index (Phi) is 6.30. The van der Waals surface area contributed by atoms with E-state index in [0.717, 1.165) is 12.3 Å². The van der Waals surface area contributed by atoms with Crippen molar-refractivity contribution in [3.8, 4) is 5.75 Å². The Bertz CT molecular complexity index is 701. The molecule has 2 N–H and O–H groups in total. The number of anilines is 2. The highest BCUT2D eigenvalue weighted by atomic mass is 16.5. The summed E-state index contributed by atoms with van der Waals surface area (Å²) in [6, 6.07) is 8.02. The second-order valence-corrected chi connectivity index (χ2v) is 6.08. The Labute approximate surface area is 149 Å². The molecule has 0 unspecified atom stereocenters. The Hall–Kier alpha value is -2.67. The minimum atomic E-state index is 0.000641. The molecular weight excluding hydrogens is 316 g/mol. The first-order valence-electron chi connectivity index (χ1n) is 8.12. The van der Waals surface area contributed by atoms with E-state index in [-0.39, 0.29) is 12.0 Å². The molecule has 7 nitrogen and oxygen atoms in total. The van der Waals surface area contributed by atoms with Crippen LogP contribution in [0.2, 0.25) is 0 Å². The maximum absolute atomic E-state index is 5.82. The van der Waals surface area contributed by atoms with Gasteiger partial charge in [0.2, 0.25) is 11.9 Å². The van der Waals surface area contributed by atoms with Gasteiger partial charge in [-0.15, -0.1) is 0 Å². The molecule has 1 aromatic heterocycles. The summed E-state index contributed by atoms with van der Waals surface area (Å²) in [5.74, 6) is 2.29. The summed E-state index contributed by atoms with van der Waals surface area (Å²) in [6.07, 6.45) is 1.73. The lowest BCUT2D eigenvalue weighted by Gasteiger charge is -2.24. The van der Waals surface area contributed by atoms with Gasteiger partial charge in [-0.1, -0.05) is 24.8 Å². The first kappa shape index (κ1) is 18.7. The molecule has 0 saturated carbocycles. The molecule has 0 radical (unpaired) electrons. The van der Waals surface area contributed by atoms with Crippen molar-refractivity contribution >= 4 is 11.9 Å². The fraction of sp³-hybridized carbons (Fsp3) is 0.389. The van der Waals surface area contributed by atoms with Crippen molar-refractivity contribution in [2.75, 3.05) is 38.4 Å². The van der Waals surface area contributed by atoms with E-state index in [9.17, 15) is 0 Å². The van der Waals surface area contributed by atoms with Crippen LogP contribution in [0, 0.1) is 0 Å². The molecule has 0 saturated heterocycles. The Balaban J connectivity index is 2.07. The van der Waals surface area contributed by atoms with E-state index >= 15 is 0 Å². The molecule has 0 spiro atoms. The summed E-state index contributed by atoms with van der Waals surface area (Å²) >= 11 is 0. The number of aromatic nitrogens is 3. The normalized spacial score (nSPS) is 12.0. The summed E-state index contributed by atoms with van der Waals surface area (Å²) in [7, 11) is 5.79. The zero-order valence-electron chi connectivity index (χ0n) is 15.3. The predicted octanol–water partition coefficient (Wildman–Crippen LogP) is 2.28. The molecule has 2 rings (SSSR count). The number of nitrogens with zero attached hydrogens (tertiary/aromatic N) is 5. The van der Waals surface area contributed by atoms with Crippen LogP contribution < -0.4 is 15.4 Å². The van der Waals surface area contributed by atoms with Crippen LogP contribution in [-0.2, 0) is 6.54 Å². The monoisotopic (exact) mass is 342 g/mol. The summed E-state index contributed by atoms with van der Waals surface area (Å²) in [4.78, 5) is 16.9. The maximum atomic E-state index is 5.82. The third-order valence-electron chi connectivity index (χ3n) is 3.82. The molecule has 0 aliphatic carbocycles. The van der Waals surface area contributed by atoms with Crippen LogP contribution in [0.15, 0.2) is 36.9 Å². The van der Waals surface area contributed by atoms with Crippen LogP contribution in [0.5, 0.6) is 5.75 Å². The van der Waals surface area contributed by atoms with Gasteiger partial charge in [-0.05, 0) is 31.7 Å². The van der Waals surface area contributed by atoms with Gasteiger partial charge in [0.1, 0.15) is 12.4 Å². The first-order valence-corrected chi connectivity index (χ1v) is 8.12. The van der Waals surface area contributed by atoms with Crippen molar-refractivity contribution < 1.29 is 4.74 Å². The summed E-state index contributed by atoms with van der Waals surface area (Å²) < 4.78 is 5.50. The number of hydrogen-bond donors (Lipinski definition) is 1. The van der Waals surface area contributed by atoms with Crippen LogP contribution in [0.1, 0.15) is 24.4 Å². The zero-order valence-corrected chi connectivity index (χ0v) is 15.3. The second kappa shape index (κ2) is 8.43. The molecule has 0 amide bonds. The van der Waals surface area contributed by atoms with Gasteiger partial charge in [0.25, 0.3) is 0 Å². The standard InChI is InChI=1S/C18H26N6O/c1-6-11-25-15-9-7-14(8-10-15)12-24(5)13(2)16-20-17(19)22-18(21-16)23(3)4/h6-10,13H,1,11-12H2,2-5H3,(H2,19,20,21,22)/t13-/m1/s1. The van der Waals surface area contributed by atoms with E-state index in [0.29, 0.717) is 18.4 Å². The van der Waals surface area contributed by atoms with Crippen molar-refractivity contribution in [3.63, 3.8) is 0 Å². The lowest BCUT2D eigenvalue weighted by atomic mass is 10.2. The molecular formula is C18H26N6O. The van der Waals surface area contributed by atoms with Gasteiger partial charge >= 0.3 is 0 Å². The minimum Gasteiger partial charge on any atom is -0.490 e. The molecule has 1 heterocycles. The smallest absolute Gasteiger partial charge is 0.229 e. The fourth-order valence-electron chi connectivity index (χ4n) is 2.25. The van der Waals surface area contributed by atoms with Gasteiger partial charge in [0.05, 0.1) is 6.04 Å². The third kappa shape index (κ3) is 5.15. The van der Waals surface area contributed by atoms with Crippen LogP contribution in [0.25, 0.3) is 0 Å². The third-order valence-corrected chi connectivity index (χ3v) is 3.82. The molecule has 7 heteroatoms. The topological polar surface area (TPSA) is 80.4 Å². The SMILES string of the molecule is C=CCOc1ccc(CN(C)[C@H](C)c2nc(N)nc(N(C)C)n2)cc1. The van der Waals surface area contributed by atoms with Gasteiger partial charge in [-0.2, -0.15) is 15.0 Å². The van der Waals surface area contributed by atoms with Crippen molar-refractivity contribution in [1.82, 2.24) is 19.9 Å². The number of nitrogen functional groups attached to an aromatic ring is 1. The zero-order chi connectivity index (χ0) is 18.4. The Morgan fingerprint density at radius 1 is 1.16 bits per heavy atom. The van der Waals surface area contributed by atoms with Crippen molar-refractivity contribution in [1.29, 1.82) is 0 Å². The van der Waals surface area contributed by atoms with E-state index in [2.05, 4.69) is 45.5 Å². The minimum absolute atomic E-state index is 0.000641. The van der Waals surface area contributed by atoms with Gasteiger partial charge in [0.15, 0.2) is 5.82 Å². The Morgan fingerprint density at radius 2 is 1.84 bits per heavy atom. The first-order chi connectivity index (χ1) is 11.9. The molecule has 0 fully saturated rings. The average molecular weight is 342 g/mol. The molecule has 1 aromatic carbocycles. The molecule has 0 aliphatic heterocycles. The molecule has 1 atom stereocenters. The highest BCUT2D eigenvalue weighted by molar-refractivity contribution is 5.33. The predicted molar refractivity (Wildman–Crippen MR) is 101 cm³/mol. The highest BCUT2D eigenvalue weighted by Crippen LogP contribution is 2.21. The van der Waals surface area contributed by atoms with Crippen LogP contribution in [0.3, 0.4) is 0 Å². The second-order valence-electron chi connectivity index (χ2n) is 6.08. The molecule has 2 aromatic rings. The fourth-order valence-corrected chi connectivity index (χ4v) is 2.25. The quantitative estimate of drug-likeness (QED) is 0.737. The van der Waals surface area contributed by atoms with E-state index in [4.69, 9.17) is 10.5 Å². The van der Waals surface area contributed by atoms with Gasteiger partial charge < -0.3 is 15.4 Å². The molecule has 0 bridgehead atoms. The largest absolute Gasteiger partial charge is 0.490 e. The summed E-state index contributed by atoms with van der Waals surface area (Å²) in [6.45, 7) is 6.96. The molecule has 0 aliphatic rings. The average Bonchev–Trinajstić information content (AvgIpc) is 2.59. The Morgan fingerprint density at radius 3 is 2.44 bits per heavy atom. The number of nitrogens with two attached hydrogens (primary N) is 1. The van der Waals surface area contributed by atoms with Crippen molar-refractivity contribution in [2.24, 2.45) is 0 Å². The number of ether oxygens (including phenoxy) is 1. The van der Waals surface area contributed by atoms with Crippen LogP contribution in [-0.4, -0.2) is 47.6 Å². The summed E-state index contributed by atoms with van der Waals surface area (Å²) in [5.41, 5.74) is 6.99. The summed E-state index contributed by atoms with van der Waals surface area (Å²) in [5, 5.41) is 0. The number of benzene rings is 1. The van der Waals surface area contributed by atoms with E-state index < -0.39 is 0 Å². The van der Waals surface area contributed by atoms with E-state index in [1.165, 1.54) is 5.56 Å². The van der Waals surface area contributed by atoms with Crippen LogP contribution >= 0.6 is 0 Å². The van der Waals surface area contributed by atoms with E-state index in [1.807, 2.05) is 38.2 Å². The molecule has 134 valence electrons. The van der Waals surface area contributed by atoms with Gasteiger partial charge in [-0.3, -0.25) is 4.90 Å². The van der Waals surface area contributed by atoms with Crippen LogP contribution in [0.4, 0.5) is 11.9 Å². The van der Waals surface area contributed by atoms with Crippen molar-refractivity contribution in [2.45, 2.75) is 19.5 Å². The van der Waals surface area contributed by atoms with Crippen molar-refractivity contribution in [3.05, 3.63) is 48.3 Å². The lowest BCUT2D eigenvalue weighted by Crippen LogP contribution is -2.25. The van der Waals surface area contributed by atoms with Gasteiger partial charge in [0, 0.05) is 20.6 Å². The number of rotatable bonds is 8. The number of hydrogen-bond acceptors (Lipinski definition) is 7.